The molecule has 1 aromatic heterocycles. The van der Waals surface area contributed by atoms with E-state index in [1.54, 1.807) is 12.1 Å². The number of rotatable bonds is 1. The first-order valence-corrected chi connectivity index (χ1v) is 5.66. The Hall–Kier alpha value is -1.30. The van der Waals surface area contributed by atoms with E-state index in [2.05, 4.69) is 4.98 Å². The molecule has 0 radical (unpaired) electrons. The highest BCUT2D eigenvalue weighted by atomic mass is 35.5. The average molecular weight is 289 g/mol. The highest BCUT2D eigenvalue weighted by Crippen LogP contribution is 2.26. The van der Waals surface area contributed by atoms with Gasteiger partial charge in [0.1, 0.15) is 0 Å². The van der Waals surface area contributed by atoms with E-state index in [9.17, 15) is 9.90 Å². The zero-order valence-corrected chi connectivity index (χ0v) is 10.6. The maximum Gasteiger partial charge on any atom is 0.255 e. The number of aromatic hydroxyl groups is 1. The van der Waals surface area contributed by atoms with E-state index in [-0.39, 0.29) is 10.7 Å². The predicted octanol–water partition coefficient (Wildman–Crippen LogP) is 2.91. The molecular formula is C10H6Cl2N2O2S. The number of hydrogen-bond acceptors (Lipinski definition) is 3. The fraction of sp³-hybridized carbons (Fsp3) is 0. The monoisotopic (exact) mass is 288 g/mol. The fourth-order valence-corrected chi connectivity index (χ4v) is 2.16. The van der Waals surface area contributed by atoms with Crippen LogP contribution in [0.25, 0.3) is 5.69 Å². The second-order valence-corrected chi connectivity index (χ2v) is 4.46. The quantitative estimate of drug-likeness (QED) is 0.794. The molecule has 2 N–H and O–H groups in total. The van der Waals surface area contributed by atoms with Gasteiger partial charge in [0.05, 0.1) is 16.8 Å². The summed E-state index contributed by atoms with van der Waals surface area (Å²) >= 11 is 16.7. The van der Waals surface area contributed by atoms with Crippen LogP contribution in [0.2, 0.25) is 10.0 Å². The summed E-state index contributed by atoms with van der Waals surface area (Å²) < 4.78 is 1.30. The van der Waals surface area contributed by atoms with Crippen LogP contribution in [0.5, 0.6) is 5.88 Å². The van der Waals surface area contributed by atoms with Crippen molar-refractivity contribution in [1.82, 2.24) is 9.55 Å². The molecule has 0 saturated heterocycles. The molecule has 0 spiro atoms. The summed E-state index contributed by atoms with van der Waals surface area (Å²) in [6.07, 6.45) is 0. The van der Waals surface area contributed by atoms with Crippen LogP contribution >= 0.6 is 35.4 Å². The van der Waals surface area contributed by atoms with Crippen molar-refractivity contribution >= 4 is 35.4 Å². The average Bonchev–Trinajstić information content (AvgIpc) is 2.19. The number of hydrogen-bond donors (Lipinski definition) is 2. The fourth-order valence-electron chi connectivity index (χ4n) is 1.38. The molecule has 0 bridgehead atoms. The number of nitrogens with one attached hydrogen (secondary N) is 1. The minimum atomic E-state index is -0.478. The van der Waals surface area contributed by atoms with Crippen molar-refractivity contribution in [3.05, 3.63) is 49.4 Å². The summed E-state index contributed by atoms with van der Waals surface area (Å²) in [7, 11) is 0. The highest BCUT2D eigenvalue weighted by Gasteiger charge is 2.09. The van der Waals surface area contributed by atoms with Crippen LogP contribution in [-0.2, 0) is 0 Å². The van der Waals surface area contributed by atoms with Gasteiger partial charge in [-0.3, -0.25) is 14.3 Å². The maximum absolute atomic E-state index is 11.1. The van der Waals surface area contributed by atoms with Gasteiger partial charge in [-0.15, -0.1) is 0 Å². The Labute approximate surface area is 111 Å². The zero-order chi connectivity index (χ0) is 12.6. The molecular weight excluding hydrogens is 283 g/mol. The van der Waals surface area contributed by atoms with Crippen LogP contribution in [-0.4, -0.2) is 14.7 Å². The van der Waals surface area contributed by atoms with Crippen molar-refractivity contribution < 1.29 is 5.11 Å². The third-order valence-electron chi connectivity index (χ3n) is 2.07. The van der Waals surface area contributed by atoms with Gasteiger partial charge in [0.15, 0.2) is 4.77 Å². The maximum atomic E-state index is 11.1. The molecule has 0 amide bonds. The lowest BCUT2D eigenvalue weighted by molar-refractivity contribution is 0.433. The number of aromatic nitrogens is 2. The molecule has 0 saturated carbocycles. The molecule has 0 fully saturated rings. The van der Waals surface area contributed by atoms with E-state index in [1.165, 1.54) is 10.6 Å². The number of aromatic amines is 1. The van der Waals surface area contributed by atoms with Crippen LogP contribution in [0.15, 0.2) is 29.1 Å². The molecule has 88 valence electrons. The highest BCUT2D eigenvalue weighted by molar-refractivity contribution is 7.71. The van der Waals surface area contributed by atoms with Gasteiger partial charge in [0, 0.05) is 5.02 Å². The topological polar surface area (TPSA) is 58.0 Å². The molecule has 7 heteroatoms. The molecule has 0 atom stereocenters. The van der Waals surface area contributed by atoms with E-state index >= 15 is 0 Å². The molecule has 1 aromatic carbocycles. The normalized spacial score (nSPS) is 10.5. The minimum absolute atomic E-state index is 0.0548. The van der Waals surface area contributed by atoms with Crippen LogP contribution < -0.4 is 5.56 Å². The Morgan fingerprint density at radius 2 is 2.00 bits per heavy atom. The summed E-state index contributed by atoms with van der Waals surface area (Å²) in [5.74, 6) is -0.289. The molecule has 0 aliphatic heterocycles. The Bertz CT molecular complexity index is 693. The number of halogens is 2. The molecule has 17 heavy (non-hydrogen) atoms. The first-order valence-electron chi connectivity index (χ1n) is 4.50. The van der Waals surface area contributed by atoms with Crippen molar-refractivity contribution in [2.75, 3.05) is 0 Å². The molecule has 0 aliphatic rings. The lowest BCUT2D eigenvalue weighted by Crippen LogP contribution is -2.11. The summed E-state index contributed by atoms with van der Waals surface area (Å²) in [5.41, 5.74) is -0.0383. The Kier molecular flexibility index (Phi) is 3.24. The van der Waals surface area contributed by atoms with Crippen molar-refractivity contribution in [2.24, 2.45) is 0 Å². The van der Waals surface area contributed by atoms with Gasteiger partial charge in [0.25, 0.3) is 5.56 Å². The molecule has 1 heterocycles. The van der Waals surface area contributed by atoms with Crippen molar-refractivity contribution in [1.29, 1.82) is 0 Å². The first-order chi connectivity index (χ1) is 7.99. The van der Waals surface area contributed by atoms with Gasteiger partial charge >= 0.3 is 0 Å². The summed E-state index contributed by atoms with van der Waals surface area (Å²) in [4.78, 5) is 13.5. The van der Waals surface area contributed by atoms with Crippen molar-refractivity contribution in [3.63, 3.8) is 0 Å². The molecule has 2 rings (SSSR count). The summed E-state index contributed by atoms with van der Waals surface area (Å²) in [6.45, 7) is 0. The standard InChI is InChI=1S/C10H6Cl2N2O2S/c11-5-1-2-7(6(12)3-5)14-9(16)4-8(15)13-10(14)17/h1-4,16H,(H,13,15,17). The predicted molar refractivity (Wildman–Crippen MR) is 68.9 cm³/mol. The van der Waals surface area contributed by atoms with Crippen molar-refractivity contribution in [2.45, 2.75) is 0 Å². The van der Waals surface area contributed by atoms with E-state index in [0.717, 1.165) is 6.07 Å². The Morgan fingerprint density at radius 1 is 1.29 bits per heavy atom. The van der Waals surface area contributed by atoms with E-state index in [0.29, 0.717) is 15.7 Å². The van der Waals surface area contributed by atoms with Gasteiger partial charge < -0.3 is 5.11 Å². The number of benzene rings is 1. The Balaban J connectivity index is 2.77. The first kappa shape index (κ1) is 12.2. The van der Waals surface area contributed by atoms with Crippen molar-refractivity contribution in [3.8, 4) is 11.6 Å². The lowest BCUT2D eigenvalue weighted by Gasteiger charge is -2.10. The SMILES string of the molecule is O=c1cc(O)n(-c2ccc(Cl)cc2Cl)c(=S)[nH]1. The van der Waals surface area contributed by atoms with E-state index < -0.39 is 5.56 Å². The van der Waals surface area contributed by atoms with E-state index in [1.807, 2.05) is 0 Å². The smallest absolute Gasteiger partial charge is 0.255 e. The van der Waals surface area contributed by atoms with Gasteiger partial charge in [-0.25, -0.2) is 0 Å². The summed E-state index contributed by atoms with van der Waals surface area (Å²) in [6, 6.07) is 5.74. The van der Waals surface area contributed by atoms with Crippen LogP contribution in [0.3, 0.4) is 0 Å². The third kappa shape index (κ3) is 2.36. The second-order valence-electron chi connectivity index (χ2n) is 3.23. The number of H-pyrrole nitrogens is 1. The van der Waals surface area contributed by atoms with Gasteiger partial charge in [-0.05, 0) is 30.4 Å². The van der Waals surface area contributed by atoms with Gasteiger partial charge in [0.2, 0.25) is 5.88 Å². The minimum Gasteiger partial charge on any atom is -0.494 e. The lowest BCUT2D eigenvalue weighted by atomic mass is 10.3. The van der Waals surface area contributed by atoms with E-state index in [4.69, 9.17) is 35.4 Å². The molecule has 0 aliphatic carbocycles. The van der Waals surface area contributed by atoms with Gasteiger partial charge in [-0.1, -0.05) is 23.2 Å². The van der Waals surface area contributed by atoms with Crippen LogP contribution in [0, 0.1) is 4.77 Å². The largest absolute Gasteiger partial charge is 0.494 e. The third-order valence-corrected chi connectivity index (χ3v) is 2.90. The molecule has 2 aromatic rings. The molecule has 0 unspecified atom stereocenters. The molecule has 4 nitrogen and oxygen atoms in total. The zero-order valence-electron chi connectivity index (χ0n) is 8.28. The van der Waals surface area contributed by atoms with Crippen LogP contribution in [0.4, 0.5) is 0 Å². The van der Waals surface area contributed by atoms with Gasteiger partial charge in [-0.2, -0.15) is 0 Å². The Morgan fingerprint density at radius 3 is 2.59 bits per heavy atom. The number of nitrogens with zero attached hydrogens (tertiary/aromatic N) is 1. The summed E-state index contributed by atoms with van der Waals surface area (Å²) in [5, 5.41) is 10.5. The second kappa shape index (κ2) is 4.52. The van der Waals surface area contributed by atoms with Crippen LogP contribution in [0.1, 0.15) is 0 Å².